The number of hydrogen-bond acceptors (Lipinski definition) is 3. The molecule has 0 aliphatic heterocycles. The van der Waals surface area contributed by atoms with Gasteiger partial charge in [-0.2, -0.15) is 0 Å². The summed E-state index contributed by atoms with van der Waals surface area (Å²) in [6.07, 6.45) is 1.00. The Morgan fingerprint density at radius 3 is 2.68 bits per heavy atom. The van der Waals surface area contributed by atoms with Gasteiger partial charge < -0.3 is 14.6 Å². The van der Waals surface area contributed by atoms with Crippen molar-refractivity contribution < 1.29 is 19.4 Å². The van der Waals surface area contributed by atoms with Gasteiger partial charge in [0, 0.05) is 18.2 Å². The van der Waals surface area contributed by atoms with Crippen molar-refractivity contribution in [2.24, 2.45) is 5.92 Å². The van der Waals surface area contributed by atoms with Crippen LogP contribution in [0.1, 0.15) is 12.0 Å². The van der Waals surface area contributed by atoms with E-state index < -0.39 is 11.9 Å². The first-order valence-corrected chi connectivity index (χ1v) is 6.97. The van der Waals surface area contributed by atoms with Gasteiger partial charge in [-0.3, -0.25) is 4.79 Å². The summed E-state index contributed by atoms with van der Waals surface area (Å²) in [5.41, 5.74) is 1.01. The molecule has 19 heavy (non-hydrogen) atoms. The van der Waals surface area contributed by atoms with E-state index in [0.29, 0.717) is 32.7 Å². The molecule has 106 valence electrons. The van der Waals surface area contributed by atoms with Crippen LogP contribution in [0.25, 0.3) is 0 Å². The lowest BCUT2D eigenvalue weighted by Crippen LogP contribution is -2.19. The Morgan fingerprint density at radius 2 is 2.05 bits per heavy atom. The number of ether oxygens (including phenoxy) is 2. The highest BCUT2D eigenvalue weighted by atomic mass is 79.9. The van der Waals surface area contributed by atoms with Crippen molar-refractivity contribution in [1.29, 1.82) is 0 Å². The number of rotatable bonds is 9. The first-order chi connectivity index (χ1) is 9.15. The first kappa shape index (κ1) is 16.1. The topological polar surface area (TPSA) is 55.8 Å². The van der Waals surface area contributed by atoms with Gasteiger partial charge in [0.2, 0.25) is 0 Å². The summed E-state index contributed by atoms with van der Waals surface area (Å²) in [6.45, 7) is 1.46. The number of carboxylic acids is 1. The third-order valence-corrected chi connectivity index (χ3v) is 3.59. The Morgan fingerprint density at radius 1 is 1.32 bits per heavy atom. The van der Waals surface area contributed by atoms with Gasteiger partial charge in [-0.25, -0.2) is 0 Å². The van der Waals surface area contributed by atoms with E-state index in [1.54, 1.807) is 7.11 Å². The molecule has 0 bridgehead atoms. The van der Waals surface area contributed by atoms with E-state index in [2.05, 4.69) is 15.9 Å². The number of carbonyl (C=O) groups is 1. The number of carboxylic acid groups (broad SMARTS) is 1. The van der Waals surface area contributed by atoms with Gasteiger partial charge in [-0.1, -0.05) is 34.1 Å². The van der Waals surface area contributed by atoms with Gasteiger partial charge in [0.15, 0.2) is 0 Å². The zero-order valence-corrected chi connectivity index (χ0v) is 12.6. The fourth-order valence-electron chi connectivity index (χ4n) is 1.71. The lowest BCUT2D eigenvalue weighted by Gasteiger charge is -2.13. The third-order valence-electron chi connectivity index (χ3n) is 2.82. The molecule has 0 amide bonds. The maximum Gasteiger partial charge on any atom is 0.306 e. The van der Waals surface area contributed by atoms with E-state index in [9.17, 15) is 9.90 Å². The van der Waals surface area contributed by atoms with Crippen LogP contribution in [0, 0.1) is 5.92 Å². The normalized spacial score (nSPS) is 12.3. The van der Waals surface area contributed by atoms with Crippen LogP contribution in [0.3, 0.4) is 0 Å². The van der Waals surface area contributed by atoms with Crippen LogP contribution in [0.4, 0.5) is 0 Å². The highest BCUT2D eigenvalue weighted by Gasteiger charge is 2.18. The van der Waals surface area contributed by atoms with Gasteiger partial charge in [-0.05, 0) is 24.5 Å². The molecular weight excluding hydrogens is 312 g/mol. The fraction of sp³-hybridized carbons (Fsp3) is 0.500. The summed E-state index contributed by atoms with van der Waals surface area (Å²) in [6, 6.07) is 7.68. The van der Waals surface area contributed by atoms with Crippen molar-refractivity contribution >= 4 is 21.9 Å². The molecule has 0 saturated heterocycles. The lowest BCUT2D eigenvalue weighted by atomic mass is 9.97. The largest absolute Gasteiger partial charge is 0.481 e. The molecule has 0 spiro atoms. The standard InChI is InChI=1S/C14H19BrO4/c1-18-8-9-19-7-6-12(14(16)17)10-11-4-2-3-5-13(11)15/h2-5,12H,6-10H2,1H3,(H,16,17). The Labute approximate surface area is 121 Å². The van der Waals surface area contributed by atoms with Gasteiger partial charge in [0.05, 0.1) is 19.1 Å². The van der Waals surface area contributed by atoms with E-state index in [1.807, 2.05) is 24.3 Å². The molecule has 0 radical (unpaired) electrons. The SMILES string of the molecule is COCCOCCC(Cc1ccccc1Br)C(=O)O. The highest BCUT2D eigenvalue weighted by Crippen LogP contribution is 2.21. The predicted octanol–water partition coefficient (Wildman–Crippen LogP) is 2.75. The quantitative estimate of drug-likeness (QED) is 0.707. The summed E-state index contributed by atoms with van der Waals surface area (Å²) >= 11 is 3.44. The summed E-state index contributed by atoms with van der Waals surface area (Å²) in [5.74, 6) is -1.22. The Balaban J connectivity index is 2.45. The molecule has 5 heteroatoms. The van der Waals surface area contributed by atoms with E-state index in [4.69, 9.17) is 9.47 Å². The molecular formula is C14H19BrO4. The summed E-state index contributed by atoms with van der Waals surface area (Å²) < 4.78 is 11.1. The molecule has 1 aromatic carbocycles. The smallest absolute Gasteiger partial charge is 0.306 e. The van der Waals surface area contributed by atoms with Crippen LogP contribution in [0.2, 0.25) is 0 Å². The Kier molecular flexibility index (Phi) is 7.70. The molecule has 0 aromatic heterocycles. The average Bonchev–Trinajstić information content (AvgIpc) is 2.39. The van der Waals surface area contributed by atoms with E-state index >= 15 is 0 Å². The second-order valence-corrected chi connectivity index (χ2v) is 5.08. The summed E-state index contributed by atoms with van der Waals surface area (Å²) in [5, 5.41) is 9.23. The molecule has 0 heterocycles. The monoisotopic (exact) mass is 330 g/mol. The number of methoxy groups -OCH3 is 1. The van der Waals surface area contributed by atoms with Crippen LogP contribution in [0.5, 0.6) is 0 Å². The van der Waals surface area contributed by atoms with Crippen molar-refractivity contribution in [1.82, 2.24) is 0 Å². The van der Waals surface area contributed by atoms with Gasteiger partial charge in [-0.15, -0.1) is 0 Å². The number of aliphatic carboxylic acids is 1. The summed E-state index contributed by atoms with van der Waals surface area (Å²) in [7, 11) is 1.61. The number of hydrogen-bond donors (Lipinski definition) is 1. The lowest BCUT2D eigenvalue weighted by molar-refractivity contribution is -0.142. The first-order valence-electron chi connectivity index (χ1n) is 6.18. The van der Waals surface area contributed by atoms with Gasteiger partial charge >= 0.3 is 5.97 Å². The second-order valence-electron chi connectivity index (χ2n) is 4.22. The van der Waals surface area contributed by atoms with Gasteiger partial charge in [0.25, 0.3) is 0 Å². The van der Waals surface area contributed by atoms with Crippen LogP contribution < -0.4 is 0 Å². The van der Waals surface area contributed by atoms with Crippen molar-refractivity contribution in [3.8, 4) is 0 Å². The average molecular weight is 331 g/mol. The zero-order chi connectivity index (χ0) is 14.1. The Hall–Kier alpha value is -0.910. The van der Waals surface area contributed by atoms with E-state index in [0.717, 1.165) is 10.0 Å². The molecule has 1 rings (SSSR count). The molecule has 4 nitrogen and oxygen atoms in total. The molecule has 0 aliphatic rings. The van der Waals surface area contributed by atoms with Crippen molar-refractivity contribution in [3.63, 3.8) is 0 Å². The minimum absolute atomic E-state index is 0.429. The van der Waals surface area contributed by atoms with Gasteiger partial charge in [0.1, 0.15) is 0 Å². The van der Waals surface area contributed by atoms with E-state index in [1.165, 1.54) is 0 Å². The van der Waals surface area contributed by atoms with Crippen molar-refractivity contribution in [2.75, 3.05) is 26.9 Å². The van der Waals surface area contributed by atoms with Crippen LogP contribution >= 0.6 is 15.9 Å². The number of benzene rings is 1. The molecule has 1 aromatic rings. The van der Waals surface area contributed by atoms with Crippen molar-refractivity contribution in [2.45, 2.75) is 12.8 Å². The molecule has 0 fully saturated rings. The van der Waals surface area contributed by atoms with Crippen molar-refractivity contribution in [3.05, 3.63) is 34.3 Å². The third kappa shape index (κ3) is 6.18. The fourth-order valence-corrected chi connectivity index (χ4v) is 2.16. The molecule has 0 aliphatic carbocycles. The molecule has 1 atom stereocenters. The van der Waals surface area contributed by atoms with Crippen LogP contribution in [0.15, 0.2) is 28.7 Å². The molecule has 1 N–H and O–H groups in total. The Bertz CT molecular complexity index is 395. The predicted molar refractivity (Wildman–Crippen MR) is 76.3 cm³/mol. The van der Waals surface area contributed by atoms with Crippen LogP contribution in [-0.4, -0.2) is 38.0 Å². The van der Waals surface area contributed by atoms with E-state index in [-0.39, 0.29) is 0 Å². The maximum absolute atomic E-state index is 11.2. The minimum Gasteiger partial charge on any atom is -0.481 e. The highest BCUT2D eigenvalue weighted by molar-refractivity contribution is 9.10. The maximum atomic E-state index is 11.2. The number of halogens is 1. The van der Waals surface area contributed by atoms with Crippen LogP contribution in [-0.2, 0) is 20.7 Å². The minimum atomic E-state index is -0.786. The second kappa shape index (κ2) is 9.07. The molecule has 1 unspecified atom stereocenters. The summed E-state index contributed by atoms with van der Waals surface area (Å²) in [4.78, 5) is 11.2. The zero-order valence-electron chi connectivity index (χ0n) is 11.0. The molecule has 0 saturated carbocycles.